The van der Waals surface area contributed by atoms with E-state index in [1.54, 1.807) is 25.1 Å². The molecule has 0 saturated carbocycles. The summed E-state index contributed by atoms with van der Waals surface area (Å²) in [7, 11) is 0. The van der Waals surface area contributed by atoms with Gasteiger partial charge in [0.1, 0.15) is 11.6 Å². The molecule has 2 aromatic carbocycles. The first-order valence-corrected chi connectivity index (χ1v) is 6.90. The number of nitrogens with zero attached hydrogens (tertiary/aromatic N) is 2. The van der Waals surface area contributed by atoms with E-state index in [1.165, 1.54) is 12.1 Å². The van der Waals surface area contributed by atoms with Gasteiger partial charge in [0.25, 0.3) is 0 Å². The first-order chi connectivity index (χ1) is 9.95. The van der Waals surface area contributed by atoms with Crippen molar-refractivity contribution in [3.8, 4) is 11.4 Å². The highest BCUT2D eigenvalue weighted by Crippen LogP contribution is 2.32. The van der Waals surface area contributed by atoms with Gasteiger partial charge in [-0.2, -0.15) is 0 Å². The molecule has 0 unspecified atom stereocenters. The predicted octanol–water partition coefficient (Wildman–Crippen LogP) is 4.63. The number of nitrogens with two attached hydrogens (primary N) is 1. The van der Waals surface area contributed by atoms with Crippen LogP contribution in [0.25, 0.3) is 22.3 Å². The van der Waals surface area contributed by atoms with Gasteiger partial charge in [-0.1, -0.05) is 23.2 Å². The molecule has 21 heavy (non-hydrogen) atoms. The lowest BCUT2D eigenvalue weighted by Gasteiger charge is -2.09. The summed E-state index contributed by atoms with van der Waals surface area (Å²) < 4.78 is 13.2. The van der Waals surface area contributed by atoms with E-state index < -0.39 is 0 Å². The molecule has 1 heterocycles. The molecule has 0 radical (unpaired) electrons. The van der Waals surface area contributed by atoms with Crippen LogP contribution in [0.3, 0.4) is 0 Å². The highest BCUT2D eigenvalue weighted by Gasteiger charge is 2.13. The molecule has 0 bridgehead atoms. The number of benzene rings is 2. The van der Waals surface area contributed by atoms with Gasteiger partial charge in [0.15, 0.2) is 5.82 Å². The van der Waals surface area contributed by atoms with Gasteiger partial charge in [0.2, 0.25) is 0 Å². The molecule has 0 saturated heterocycles. The standard InChI is InChI=1S/C15H10Cl2FN3/c1-7-4-9(18)2-3-10(7)15-20-13-11(14(19)21-15)5-8(16)6-12(13)17/h2-6H,1H3,(H2,19,20,21). The Kier molecular flexibility index (Phi) is 3.43. The van der Waals surface area contributed by atoms with Crippen LogP contribution in [0.1, 0.15) is 5.56 Å². The SMILES string of the molecule is Cc1cc(F)ccc1-c1nc(N)c2cc(Cl)cc(Cl)c2n1. The Hall–Kier alpha value is -1.91. The second kappa shape index (κ2) is 5.13. The third-order valence-corrected chi connectivity index (χ3v) is 3.68. The third kappa shape index (κ3) is 2.52. The van der Waals surface area contributed by atoms with Gasteiger partial charge in [-0.05, 0) is 42.8 Å². The second-order valence-electron chi connectivity index (χ2n) is 4.68. The van der Waals surface area contributed by atoms with E-state index in [9.17, 15) is 4.39 Å². The number of rotatable bonds is 1. The van der Waals surface area contributed by atoms with Crippen molar-refractivity contribution in [2.24, 2.45) is 0 Å². The summed E-state index contributed by atoms with van der Waals surface area (Å²) >= 11 is 12.1. The Morgan fingerprint density at radius 2 is 1.86 bits per heavy atom. The molecule has 0 spiro atoms. The van der Waals surface area contributed by atoms with E-state index >= 15 is 0 Å². The van der Waals surface area contributed by atoms with Crippen molar-refractivity contribution in [2.75, 3.05) is 5.73 Å². The smallest absolute Gasteiger partial charge is 0.162 e. The van der Waals surface area contributed by atoms with Crippen LogP contribution in [0.5, 0.6) is 0 Å². The van der Waals surface area contributed by atoms with Crippen LogP contribution in [0, 0.1) is 12.7 Å². The summed E-state index contributed by atoms with van der Waals surface area (Å²) in [6.45, 7) is 1.78. The molecule has 0 aliphatic heterocycles. The number of anilines is 1. The molecule has 0 aliphatic rings. The maximum Gasteiger partial charge on any atom is 0.162 e. The van der Waals surface area contributed by atoms with Crippen LogP contribution >= 0.6 is 23.2 Å². The molecular formula is C15H10Cl2FN3. The predicted molar refractivity (Wildman–Crippen MR) is 84.1 cm³/mol. The van der Waals surface area contributed by atoms with E-state index in [0.717, 1.165) is 5.56 Å². The van der Waals surface area contributed by atoms with Crippen molar-refractivity contribution in [2.45, 2.75) is 6.92 Å². The molecule has 3 nitrogen and oxygen atoms in total. The molecule has 0 atom stereocenters. The van der Waals surface area contributed by atoms with Crippen molar-refractivity contribution in [1.82, 2.24) is 9.97 Å². The molecule has 0 amide bonds. The fourth-order valence-corrected chi connectivity index (χ4v) is 2.71. The summed E-state index contributed by atoms with van der Waals surface area (Å²) in [5.41, 5.74) is 7.92. The van der Waals surface area contributed by atoms with Gasteiger partial charge in [0.05, 0.1) is 10.5 Å². The zero-order valence-corrected chi connectivity index (χ0v) is 12.5. The van der Waals surface area contributed by atoms with Crippen molar-refractivity contribution < 1.29 is 4.39 Å². The molecule has 106 valence electrons. The van der Waals surface area contributed by atoms with Gasteiger partial charge >= 0.3 is 0 Å². The van der Waals surface area contributed by atoms with E-state index in [0.29, 0.717) is 32.3 Å². The molecule has 3 aromatic rings. The van der Waals surface area contributed by atoms with E-state index in [2.05, 4.69) is 9.97 Å². The van der Waals surface area contributed by atoms with Gasteiger partial charge in [-0.15, -0.1) is 0 Å². The lowest BCUT2D eigenvalue weighted by molar-refractivity contribution is 0.627. The number of fused-ring (bicyclic) bond motifs is 1. The summed E-state index contributed by atoms with van der Waals surface area (Å²) in [5, 5.41) is 1.46. The fourth-order valence-electron chi connectivity index (χ4n) is 2.18. The Morgan fingerprint density at radius 3 is 2.57 bits per heavy atom. The number of hydrogen-bond acceptors (Lipinski definition) is 3. The minimum absolute atomic E-state index is 0.281. The summed E-state index contributed by atoms with van der Waals surface area (Å²) in [5.74, 6) is 0.375. The van der Waals surface area contributed by atoms with Crippen molar-refractivity contribution in [1.29, 1.82) is 0 Å². The number of aromatic nitrogens is 2. The van der Waals surface area contributed by atoms with Crippen LogP contribution in [-0.2, 0) is 0 Å². The quantitative estimate of drug-likeness (QED) is 0.710. The number of halogens is 3. The minimum atomic E-state index is -0.310. The van der Waals surface area contributed by atoms with Gasteiger partial charge < -0.3 is 5.73 Å². The average Bonchev–Trinajstić information content (AvgIpc) is 2.40. The summed E-state index contributed by atoms with van der Waals surface area (Å²) in [6.07, 6.45) is 0. The minimum Gasteiger partial charge on any atom is -0.383 e. The van der Waals surface area contributed by atoms with Gasteiger partial charge in [-0.25, -0.2) is 14.4 Å². The average molecular weight is 322 g/mol. The molecule has 0 aliphatic carbocycles. The fraction of sp³-hybridized carbons (Fsp3) is 0.0667. The number of nitrogen functional groups attached to an aromatic ring is 1. The third-order valence-electron chi connectivity index (χ3n) is 3.18. The van der Waals surface area contributed by atoms with Gasteiger partial charge in [-0.3, -0.25) is 0 Å². The summed E-state index contributed by atoms with van der Waals surface area (Å²) in [4.78, 5) is 8.70. The first kappa shape index (κ1) is 14.0. The molecule has 3 rings (SSSR count). The van der Waals surface area contributed by atoms with Crippen molar-refractivity contribution in [3.63, 3.8) is 0 Å². The first-order valence-electron chi connectivity index (χ1n) is 6.14. The monoisotopic (exact) mass is 321 g/mol. The highest BCUT2D eigenvalue weighted by molar-refractivity contribution is 6.38. The van der Waals surface area contributed by atoms with Crippen molar-refractivity contribution >= 4 is 39.9 Å². The van der Waals surface area contributed by atoms with Crippen LogP contribution in [0.2, 0.25) is 10.0 Å². The van der Waals surface area contributed by atoms with Crippen LogP contribution in [0.15, 0.2) is 30.3 Å². The molecule has 6 heteroatoms. The largest absolute Gasteiger partial charge is 0.383 e. The maximum atomic E-state index is 13.2. The number of aryl methyl sites for hydroxylation is 1. The molecule has 2 N–H and O–H groups in total. The molecular weight excluding hydrogens is 312 g/mol. The zero-order chi connectivity index (χ0) is 15.1. The van der Waals surface area contributed by atoms with E-state index in [1.807, 2.05) is 0 Å². The second-order valence-corrected chi connectivity index (χ2v) is 5.52. The summed E-state index contributed by atoms with van der Waals surface area (Å²) in [6, 6.07) is 7.66. The van der Waals surface area contributed by atoms with E-state index in [4.69, 9.17) is 28.9 Å². The van der Waals surface area contributed by atoms with Gasteiger partial charge in [0, 0.05) is 16.0 Å². The lowest BCUT2D eigenvalue weighted by atomic mass is 10.1. The van der Waals surface area contributed by atoms with Crippen LogP contribution in [-0.4, -0.2) is 9.97 Å². The molecule has 1 aromatic heterocycles. The Balaban J connectivity index is 2.30. The van der Waals surface area contributed by atoms with Crippen molar-refractivity contribution in [3.05, 3.63) is 51.8 Å². The zero-order valence-electron chi connectivity index (χ0n) is 11.0. The maximum absolute atomic E-state index is 13.2. The normalized spacial score (nSPS) is 11.0. The Bertz CT molecular complexity index is 865. The molecule has 0 fully saturated rings. The van der Waals surface area contributed by atoms with E-state index in [-0.39, 0.29) is 11.6 Å². The Morgan fingerprint density at radius 1 is 1.10 bits per heavy atom. The van der Waals surface area contributed by atoms with Crippen LogP contribution in [0.4, 0.5) is 10.2 Å². The van der Waals surface area contributed by atoms with Crippen LogP contribution < -0.4 is 5.73 Å². The topological polar surface area (TPSA) is 51.8 Å². The Labute approximate surface area is 130 Å². The highest BCUT2D eigenvalue weighted by atomic mass is 35.5. The lowest BCUT2D eigenvalue weighted by Crippen LogP contribution is -1.99. The number of hydrogen-bond donors (Lipinski definition) is 1.